The van der Waals surface area contributed by atoms with Crippen molar-refractivity contribution >= 4 is 0 Å². The molecule has 2 heteroatoms. The molecular weight excluding hydrogens is 220 g/mol. The maximum absolute atomic E-state index is 5.87. The molecule has 0 spiro atoms. The Hall–Kier alpha value is -0.860. The summed E-state index contributed by atoms with van der Waals surface area (Å²) >= 11 is 0. The zero-order valence-corrected chi connectivity index (χ0v) is 11.5. The van der Waals surface area contributed by atoms with Gasteiger partial charge in [-0.3, -0.25) is 4.90 Å². The quantitative estimate of drug-likeness (QED) is 0.865. The van der Waals surface area contributed by atoms with Gasteiger partial charge in [0, 0.05) is 12.6 Å². The van der Waals surface area contributed by atoms with Gasteiger partial charge in [0.25, 0.3) is 0 Å². The van der Waals surface area contributed by atoms with Crippen LogP contribution in [0.15, 0.2) is 30.3 Å². The van der Waals surface area contributed by atoms with E-state index in [0.717, 1.165) is 6.54 Å². The molecular formula is C16H26N2. The van der Waals surface area contributed by atoms with Gasteiger partial charge in [-0.1, -0.05) is 43.7 Å². The fourth-order valence-electron chi connectivity index (χ4n) is 2.93. The third-order valence-electron chi connectivity index (χ3n) is 4.24. The maximum Gasteiger partial charge on any atom is 0.0218 e. The van der Waals surface area contributed by atoms with Gasteiger partial charge in [-0.15, -0.1) is 0 Å². The zero-order chi connectivity index (χ0) is 12.8. The summed E-state index contributed by atoms with van der Waals surface area (Å²) in [7, 11) is 0. The van der Waals surface area contributed by atoms with Crippen molar-refractivity contribution < 1.29 is 0 Å². The van der Waals surface area contributed by atoms with Gasteiger partial charge in [0.15, 0.2) is 0 Å². The van der Waals surface area contributed by atoms with Crippen molar-refractivity contribution in [2.24, 2.45) is 5.73 Å². The molecule has 2 rings (SSSR count). The summed E-state index contributed by atoms with van der Waals surface area (Å²) in [5.41, 5.74) is 7.33. The topological polar surface area (TPSA) is 29.3 Å². The van der Waals surface area contributed by atoms with Crippen LogP contribution in [0.25, 0.3) is 0 Å². The van der Waals surface area contributed by atoms with Crippen molar-refractivity contribution in [1.82, 2.24) is 4.90 Å². The van der Waals surface area contributed by atoms with E-state index in [9.17, 15) is 0 Å². The Morgan fingerprint density at radius 1 is 1.28 bits per heavy atom. The van der Waals surface area contributed by atoms with Crippen LogP contribution in [-0.2, 0) is 0 Å². The summed E-state index contributed by atoms with van der Waals surface area (Å²) in [6, 6.07) is 11.5. The fraction of sp³-hybridized carbons (Fsp3) is 0.625. The largest absolute Gasteiger partial charge is 0.329 e. The van der Waals surface area contributed by atoms with E-state index in [4.69, 9.17) is 5.73 Å². The molecule has 1 aliphatic rings. The third kappa shape index (κ3) is 3.56. The lowest BCUT2D eigenvalue weighted by molar-refractivity contribution is 0.148. The average Bonchev–Trinajstić information content (AvgIpc) is 2.46. The first kappa shape index (κ1) is 13.6. The molecule has 18 heavy (non-hydrogen) atoms. The van der Waals surface area contributed by atoms with E-state index < -0.39 is 0 Å². The van der Waals surface area contributed by atoms with Crippen LogP contribution in [0.2, 0.25) is 0 Å². The van der Waals surface area contributed by atoms with Crippen molar-refractivity contribution in [2.75, 3.05) is 19.6 Å². The van der Waals surface area contributed by atoms with E-state index in [-0.39, 0.29) is 0 Å². The molecule has 1 aliphatic heterocycles. The third-order valence-corrected chi connectivity index (χ3v) is 4.24. The molecule has 100 valence electrons. The van der Waals surface area contributed by atoms with Crippen molar-refractivity contribution in [3.8, 4) is 0 Å². The predicted molar refractivity (Wildman–Crippen MR) is 77.7 cm³/mol. The Morgan fingerprint density at radius 2 is 2.06 bits per heavy atom. The number of benzene rings is 1. The molecule has 2 nitrogen and oxygen atoms in total. The van der Waals surface area contributed by atoms with Crippen LogP contribution in [0.3, 0.4) is 0 Å². The second kappa shape index (κ2) is 6.91. The number of piperidine rings is 1. The van der Waals surface area contributed by atoms with Crippen LogP contribution in [0.4, 0.5) is 0 Å². The highest BCUT2D eigenvalue weighted by molar-refractivity contribution is 5.18. The van der Waals surface area contributed by atoms with E-state index in [0.29, 0.717) is 12.0 Å². The number of likely N-dealkylation sites (tertiary alicyclic amines) is 1. The van der Waals surface area contributed by atoms with Crippen molar-refractivity contribution in [3.63, 3.8) is 0 Å². The maximum atomic E-state index is 5.87. The zero-order valence-electron chi connectivity index (χ0n) is 11.5. The first-order chi connectivity index (χ1) is 8.81. The summed E-state index contributed by atoms with van der Waals surface area (Å²) < 4.78 is 0. The number of hydrogen-bond acceptors (Lipinski definition) is 2. The van der Waals surface area contributed by atoms with Crippen LogP contribution in [0.5, 0.6) is 0 Å². The van der Waals surface area contributed by atoms with E-state index in [2.05, 4.69) is 42.2 Å². The Labute approximate surface area is 111 Å². The second-order valence-corrected chi connectivity index (χ2v) is 5.52. The molecule has 2 N–H and O–H groups in total. The normalized spacial score (nSPS) is 22.9. The van der Waals surface area contributed by atoms with Crippen molar-refractivity contribution in [1.29, 1.82) is 0 Å². The SMILES string of the molecule is CC(CCN1CCCCC1CN)c1ccccc1. The second-order valence-electron chi connectivity index (χ2n) is 5.52. The smallest absolute Gasteiger partial charge is 0.0218 e. The van der Waals surface area contributed by atoms with Gasteiger partial charge >= 0.3 is 0 Å². The number of nitrogens with zero attached hydrogens (tertiary/aromatic N) is 1. The Morgan fingerprint density at radius 3 is 2.78 bits per heavy atom. The van der Waals surface area contributed by atoms with E-state index in [1.54, 1.807) is 0 Å². The highest BCUT2D eigenvalue weighted by Crippen LogP contribution is 2.22. The summed E-state index contributed by atoms with van der Waals surface area (Å²) in [4.78, 5) is 2.60. The fourth-order valence-corrected chi connectivity index (χ4v) is 2.93. The molecule has 0 amide bonds. The summed E-state index contributed by atoms with van der Waals surface area (Å²) in [5.74, 6) is 0.645. The number of nitrogens with two attached hydrogens (primary N) is 1. The first-order valence-corrected chi connectivity index (χ1v) is 7.30. The highest BCUT2D eigenvalue weighted by atomic mass is 15.2. The van der Waals surface area contributed by atoms with Gasteiger partial charge in [0.2, 0.25) is 0 Å². The first-order valence-electron chi connectivity index (χ1n) is 7.30. The molecule has 0 aromatic heterocycles. The van der Waals surface area contributed by atoms with E-state index in [1.165, 1.54) is 44.3 Å². The molecule has 2 unspecified atom stereocenters. The van der Waals surface area contributed by atoms with Crippen LogP contribution in [-0.4, -0.2) is 30.6 Å². The lowest BCUT2D eigenvalue weighted by atomic mass is 9.96. The Balaban J connectivity index is 1.83. The Kier molecular flexibility index (Phi) is 5.21. The lowest BCUT2D eigenvalue weighted by Gasteiger charge is -2.35. The molecule has 0 saturated carbocycles. The minimum atomic E-state index is 0.627. The van der Waals surface area contributed by atoms with Crippen LogP contribution in [0, 0.1) is 0 Å². The molecule has 1 fully saturated rings. The number of hydrogen-bond donors (Lipinski definition) is 1. The number of rotatable bonds is 5. The van der Waals surface area contributed by atoms with Crippen LogP contribution < -0.4 is 5.73 Å². The summed E-state index contributed by atoms with van der Waals surface area (Å²) in [6.07, 6.45) is 5.22. The van der Waals surface area contributed by atoms with Gasteiger partial charge in [0.1, 0.15) is 0 Å². The Bertz CT molecular complexity index is 336. The van der Waals surface area contributed by atoms with Gasteiger partial charge in [-0.2, -0.15) is 0 Å². The van der Waals surface area contributed by atoms with E-state index in [1.807, 2.05) is 0 Å². The van der Waals surface area contributed by atoms with Crippen LogP contribution >= 0.6 is 0 Å². The summed E-state index contributed by atoms with van der Waals surface area (Å²) in [5, 5.41) is 0. The van der Waals surface area contributed by atoms with Gasteiger partial charge in [-0.25, -0.2) is 0 Å². The monoisotopic (exact) mass is 246 g/mol. The molecule has 1 aromatic rings. The predicted octanol–water partition coefficient (Wildman–Crippen LogP) is 2.99. The molecule has 1 heterocycles. The van der Waals surface area contributed by atoms with Gasteiger partial charge in [-0.05, 0) is 43.8 Å². The average molecular weight is 246 g/mol. The molecule has 0 radical (unpaired) electrons. The van der Waals surface area contributed by atoms with Crippen molar-refractivity contribution in [2.45, 2.75) is 44.6 Å². The van der Waals surface area contributed by atoms with Crippen molar-refractivity contribution in [3.05, 3.63) is 35.9 Å². The van der Waals surface area contributed by atoms with Gasteiger partial charge < -0.3 is 5.73 Å². The lowest BCUT2D eigenvalue weighted by Crippen LogP contribution is -2.44. The van der Waals surface area contributed by atoms with Gasteiger partial charge in [0.05, 0.1) is 0 Å². The molecule has 0 bridgehead atoms. The van der Waals surface area contributed by atoms with E-state index >= 15 is 0 Å². The standard InChI is InChI=1S/C16H26N2/c1-14(15-7-3-2-4-8-15)10-12-18-11-6-5-9-16(18)13-17/h2-4,7-8,14,16H,5-6,9-13,17H2,1H3. The summed E-state index contributed by atoms with van der Waals surface area (Å²) in [6.45, 7) is 5.58. The minimum absolute atomic E-state index is 0.627. The molecule has 0 aliphatic carbocycles. The molecule has 1 saturated heterocycles. The van der Waals surface area contributed by atoms with Crippen LogP contribution in [0.1, 0.15) is 44.1 Å². The molecule has 1 aromatic carbocycles. The highest BCUT2D eigenvalue weighted by Gasteiger charge is 2.21. The molecule has 2 atom stereocenters. The minimum Gasteiger partial charge on any atom is -0.329 e.